The number of rotatable bonds is 4. The van der Waals surface area contributed by atoms with Gasteiger partial charge in [0.15, 0.2) is 0 Å². The van der Waals surface area contributed by atoms with Crippen LogP contribution in [0.1, 0.15) is 0 Å². The molecule has 112 valence electrons. The standard InChI is InChI=1S/2K.2H4O7P2/c;;2*1-8(2,3)7-9(4,5)6/h;;2*(H2,1,2,3)(H2,4,5,6)/q2*+1;;/p-2. The van der Waals surface area contributed by atoms with Crippen molar-refractivity contribution in [3.05, 3.63) is 0 Å². The van der Waals surface area contributed by atoms with Gasteiger partial charge < -0.3 is 43.7 Å². The van der Waals surface area contributed by atoms with Gasteiger partial charge in [-0.3, -0.25) is 4.31 Å². The molecule has 0 aromatic rings. The zero-order chi connectivity index (χ0) is 15.4. The van der Waals surface area contributed by atoms with Crippen LogP contribution in [0.25, 0.3) is 0 Å². The molecule has 0 aromatic carbocycles. The fourth-order valence-electron chi connectivity index (χ4n) is 0.269. The zero-order valence-corrected chi connectivity index (χ0v) is 19.6. The van der Waals surface area contributed by atoms with Gasteiger partial charge in [0.2, 0.25) is 0 Å². The third-order valence-electron chi connectivity index (χ3n) is 0.419. The molecular weight excluding hydrogens is 426 g/mol. The molecule has 0 aliphatic heterocycles. The Bertz CT molecular complexity index is 346. The Balaban J connectivity index is -0.000000116. The molecule has 0 aromatic heterocycles. The summed E-state index contributed by atoms with van der Waals surface area (Å²) in [7, 11) is -20.8. The van der Waals surface area contributed by atoms with Crippen LogP contribution in [0, 0.1) is 0 Å². The SMILES string of the molecule is O=P(O)(O)OP(=O)(O)O.O=P([O-])([O-])OP(=O)(O)O.[K+].[K+]. The third-order valence-corrected chi connectivity index (χ3v) is 3.77. The predicted molar refractivity (Wildman–Crippen MR) is 45.9 cm³/mol. The van der Waals surface area contributed by atoms with Crippen molar-refractivity contribution in [2.24, 2.45) is 0 Å². The zero-order valence-electron chi connectivity index (χ0n) is 9.74. The van der Waals surface area contributed by atoms with E-state index in [1.807, 2.05) is 0 Å². The summed E-state index contributed by atoms with van der Waals surface area (Å²) in [4.78, 5) is 65.1. The molecule has 0 aliphatic rings. The second-order valence-electron chi connectivity index (χ2n) is 2.08. The summed E-state index contributed by atoms with van der Waals surface area (Å²) >= 11 is 0. The maximum atomic E-state index is 9.63. The Morgan fingerprint density at radius 1 is 0.600 bits per heavy atom. The van der Waals surface area contributed by atoms with Gasteiger partial charge in [-0.15, -0.1) is 0 Å². The first-order valence-electron chi connectivity index (χ1n) is 3.03. The van der Waals surface area contributed by atoms with E-state index in [2.05, 4.69) is 8.62 Å². The number of phosphoric acid groups is 4. The van der Waals surface area contributed by atoms with Gasteiger partial charge >= 0.3 is 126 Å². The molecule has 0 saturated heterocycles. The summed E-state index contributed by atoms with van der Waals surface area (Å²) in [6.07, 6.45) is 0. The number of hydrogen-bond acceptors (Lipinski definition) is 8. The molecule has 0 aliphatic carbocycles. The predicted octanol–water partition coefficient (Wildman–Crippen LogP) is -8.88. The van der Waals surface area contributed by atoms with Crippen molar-refractivity contribution in [1.29, 1.82) is 0 Å². The molecule has 0 spiro atoms. The second-order valence-corrected chi connectivity index (χ2v) is 7.23. The first kappa shape index (κ1) is 31.6. The van der Waals surface area contributed by atoms with E-state index in [0.29, 0.717) is 0 Å². The Morgan fingerprint density at radius 2 is 0.800 bits per heavy atom. The van der Waals surface area contributed by atoms with E-state index in [1.54, 1.807) is 0 Å². The molecular formula is H6K2O14P4. The van der Waals surface area contributed by atoms with Gasteiger partial charge in [-0.2, -0.15) is 4.31 Å². The van der Waals surface area contributed by atoms with Crippen molar-refractivity contribution in [3.8, 4) is 0 Å². The van der Waals surface area contributed by atoms with Gasteiger partial charge in [-0.1, -0.05) is 0 Å². The van der Waals surface area contributed by atoms with Crippen LogP contribution in [0.5, 0.6) is 0 Å². The molecule has 20 heavy (non-hydrogen) atoms. The van der Waals surface area contributed by atoms with Gasteiger partial charge in [0.1, 0.15) is 0 Å². The maximum absolute atomic E-state index is 9.63. The van der Waals surface area contributed by atoms with Gasteiger partial charge in [0.05, 0.1) is 7.82 Å². The second kappa shape index (κ2) is 12.2. The molecule has 0 fully saturated rings. The first-order valence-corrected chi connectivity index (χ1v) is 9.08. The van der Waals surface area contributed by atoms with Crippen molar-refractivity contribution in [1.82, 2.24) is 0 Å². The molecule has 0 radical (unpaired) electrons. The van der Waals surface area contributed by atoms with Crippen LogP contribution in [0.2, 0.25) is 0 Å². The quantitative estimate of drug-likeness (QED) is 0.178. The minimum atomic E-state index is -5.55. The van der Waals surface area contributed by atoms with E-state index in [4.69, 9.17) is 29.4 Å². The average Bonchev–Trinajstić information content (AvgIpc) is 1.64. The van der Waals surface area contributed by atoms with Crippen LogP contribution in [-0.4, -0.2) is 29.4 Å². The molecule has 6 N–H and O–H groups in total. The van der Waals surface area contributed by atoms with Gasteiger partial charge in [0, 0.05) is 0 Å². The molecule has 0 unspecified atom stereocenters. The molecule has 14 nitrogen and oxygen atoms in total. The van der Waals surface area contributed by atoms with Crippen molar-refractivity contribution >= 4 is 31.3 Å². The summed E-state index contributed by atoms with van der Waals surface area (Å²) in [5.41, 5.74) is 0. The third kappa shape index (κ3) is 37.8. The van der Waals surface area contributed by atoms with Crippen LogP contribution >= 0.6 is 31.3 Å². The van der Waals surface area contributed by atoms with Crippen molar-refractivity contribution in [3.63, 3.8) is 0 Å². The summed E-state index contributed by atoms with van der Waals surface area (Å²) in [6.45, 7) is 0. The van der Waals surface area contributed by atoms with E-state index >= 15 is 0 Å². The van der Waals surface area contributed by atoms with E-state index in [0.717, 1.165) is 0 Å². The van der Waals surface area contributed by atoms with Crippen LogP contribution in [0.3, 0.4) is 0 Å². The smallest absolute Gasteiger partial charge is 0.789 e. The van der Waals surface area contributed by atoms with E-state index in [9.17, 15) is 28.0 Å². The number of hydrogen-bond donors (Lipinski definition) is 6. The molecule has 0 heterocycles. The molecule has 20 heteroatoms. The van der Waals surface area contributed by atoms with Crippen LogP contribution in [0.4, 0.5) is 0 Å². The van der Waals surface area contributed by atoms with Gasteiger partial charge in [-0.25, -0.2) is 13.7 Å². The van der Waals surface area contributed by atoms with E-state index in [1.165, 1.54) is 0 Å². The monoisotopic (exact) mass is 432 g/mol. The normalized spacial score (nSPS) is 12.4. The fourth-order valence-corrected chi connectivity index (χ4v) is 2.42. The van der Waals surface area contributed by atoms with Crippen molar-refractivity contribution < 1.29 is 169 Å². The maximum Gasteiger partial charge on any atom is 1.00 e. The fraction of sp³-hybridized carbons (Fsp3) is 0. The summed E-state index contributed by atoms with van der Waals surface area (Å²) in [6, 6.07) is 0. The molecule has 0 rings (SSSR count). The van der Waals surface area contributed by atoms with E-state index < -0.39 is 31.3 Å². The summed E-state index contributed by atoms with van der Waals surface area (Å²) in [5, 5.41) is 0. The topological polar surface area (TPSA) is 254 Å². The van der Waals surface area contributed by atoms with Crippen molar-refractivity contribution in [2.75, 3.05) is 0 Å². The van der Waals surface area contributed by atoms with Crippen LogP contribution in [0.15, 0.2) is 0 Å². The Hall–Kier alpha value is 3.79. The Kier molecular flexibility index (Phi) is 19.2. The van der Waals surface area contributed by atoms with Gasteiger partial charge in [0.25, 0.3) is 0 Å². The van der Waals surface area contributed by atoms with Gasteiger partial charge in [-0.05, 0) is 0 Å². The van der Waals surface area contributed by atoms with Crippen LogP contribution < -0.4 is 113 Å². The Labute approximate surface area is 196 Å². The summed E-state index contributed by atoms with van der Waals surface area (Å²) < 4.78 is 43.9. The molecule has 0 bridgehead atoms. The van der Waals surface area contributed by atoms with Crippen molar-refractivity contribution in [2.45, 2.75) is 0 Å². The molecule has 0 amide bonds. The van der Waals surface area contributed by atoms with E-state index in [-0.39, 0.29) is 103 Å². The largest absolute Gasteiger partial charge is 1.00 e. The van der Waals surface area contributed by atoms with Crippen LogP contribution in [-0.2, 0) is 26.9 Å². The minimum absolute atomic E-state index is 0. The average molecular weight is 432 g/mol. The molecule has 0 atom stereocenters. The summed E-state index contributed by atoms with van der Waals surface area (Å²) in [5.74, 6) is 0. The molecule has 0 saturated carbocycles. The first-order chi connectivity index (χ1) is 7.41. The minimum Gasteiger partial charge on any atom is -0.789 e. The Morgan fingerprint density at radius 3 is 0.800 bits per heavy atom.